The molecule has 6 rings (SSSR count). The Hall–Kier alpha value is -3.38. The minimum absolute atomic E-state index is 0.0484. The summed E-state index contributed by atoms with van der Waals surface area (Å²) >= 11 is 1.87. The first-order valence-corrected chi connectivity index (χ1v) is 13.9. The molecule has 0 radical (unpaired) electrons. The Kier molecular flexibility index (Phi) is 7.82. The number of benzene rings is 2. The maximum atomic E-state index is 15.0. The van der Waals surface area contributed by atoms with Crippen molar-refractivity contribution in [3.8, 4) is 34.3 Å². The molecule has 11 heteroatoms. The molecule has 4 heterocycles. The first-order chi connectivity index (χ1) is 19.1. The minimum Gasteiger partial charge on any atom is -0.414 e. The molecule has 2 fully saturated rings. The minimum atomic E-state index is -0.446. The predicted molar refractivity (Wildman–Crippen MR) is 146 cm³/mol. The first kappa shape index (κ1) is 25.9. The van der Waals surface area contributed by atoms with Crippen LogP contribution >= 0.6 is 11.8 Å². The van der Waals surface area contributed by atoms with Crippen LogP contribution in [-0.2, 0) is 16.0 Å². The van der Waals surface area contributed by atoms with Gasteiger partial charge >= 0.3 is 0 Å². The van der Waals surface area contributed by atoms with E-state index < -0.39 is 5.82 Å². The molecular formula is C28H29FN6O3S. The number of rotatable bonds is 8. The highest BCUT2D eigenvalue weighted by Gasteiger charge is 2.20. The van der Waals surface area contributed by atoms with E-state index in [0.29, 0.717) is 30.1 Å². The number of nitrogens with one attached hydrogen (secondary N) is 1. The molecule has 2 saturated heterocycles. The largest absolute Gasteiger partial charge is 0.414 e. The fraction of sp³-hybridized carbons (Fsp3) is 0.357. The van der Waals surface area contributed by atoms with Crippen LogP contribution in [0.2, 0.25) is 0 Å². The molecule has 2 aromatic carbocycles. The third kappa shape index (κ3) is 6.11. The summed E-state index contributed by atoms with van der Waals surface area (Å²) < 4.78 is 31.6. The van der Waals surface area contributed by atoms with Crippen molar-refractivity contribution < 1.29 is 18.3 Å². The highest BCUT2D eigenvalue weighted by Crippen LogP contribution is 2.32. The zero-order valence-corrected chi connectivity index (χ0v) is 22.1. The Morgan fingerprint density at radius 3 is 2.54 bits per heavy atom. The summed E-state index contributed by atoms with van der Waals surface area (Å²) in [6.45, 7) is 3.63. The Morgan fingerprint density at radius 1 is 0.974 bits per heavy atom. The third-order valence-electron chi connectivity index (χ3n) is 6.84. The molecule has 2 aliphatic rings. The molecule has 2 aliphatic heterocycles. The molecule has 0 aliphatic carbocycles. The van der Waals surface area contributed by atoms with Crippen LogP contribution in [0, 0.1) is 5.82 Å². The van der Waals surface area contributed by atoms with Crippen LogP contribution < -0.4 is 11.1 Å². The van der Waals surface area contributed by atoms with E-state index in [-0.39, 0.29) is 28.9 Å². The van der Waals surface area contributed by atoms with Gasteiger partial charge in [-0.15, -0.1) is 22.0 Å². The van der Waals surface area contributed by atoms with E-state index in [9.17, 15) is 4.39 Å². The third-order valence-corrected chi connectivity index (χ3v) is 8.19. The number of nitrogens with two attached hydrogens (primary N) is 1. The van der Waals surface area contributed by atoms with Gasteiger partial charge in [-0.25, -0.2) is 14.4 Å². The van der Waals surface area contributed by atoms with E-state index in [0.717, 1.165) is 50.2 Å². The van der Waals surface area contributed by atoms with Crippen molar-refractivity contribution in [3.05, 3.63) is 60.0 Å². The van der Waals surface area contributed by atoms with Gasteiger partial charge in [-0.2, -0.15) is 0 Å². The second kappa shape index (κ2) is 11.8. The lowest BCUT2D eigenvalue weighted by Crippen LogP contribution is -2.28. The Labute approximate surface area is 229 Å². The SMILES string of the molecule is Nc1ncc(-c2ccc(SC3CCOCC3)cc2)nc1-c1nnc(-c2ccc(CNC3CCOC3)cc2F)o1. The molecule has 202 valence electrons. The number of hydrogen-bond acceptors (Lipinski definition) is 10. The molecule has 2 aromatic heterocycles. The number of nitrogens with zero attached hydrogens (tertiary/aromatic N) is 4. The number of halogens is 1. The second-order valence-electron chi connectivity index (χ2n) is 9.61. The van der Waals surface area contributed by atoms with Crippen LogP contribution in [0.4, 0.5) is 10.2 Å². The average Bonchev–Trinajstić information content (AvgIpc) is 3.66. The number of ether oxygens (including phenoxy) is 2. The van der Waals surface area contributed by atoms with Gasteiger partial charge in [0.1, 0.15) is 5.82 Å². The highest BCUT2D eigenvalue weighted by atomic mass is 32.2. The number of nitrogen functional groups attached to an aromatic ring is 1. The van der Waals surface area contributed by atoms with Crippen molar-refractivity contribution in [2.45, 2.75) is 42.0 Å². The van der Waals surface area contributed by atoms with Crippen molar-refractivity contribution in [3.63, 3.8) is 0 Å². The van der Waals surface area contributed by atoms with Crippen LogP contribution in [0.3, 0.4) is 0 Å². The van der Waals surface area contributed by atoms with E-state index in [1.54, 1.807) is 12.3 Å². The van der Waals surface area contributed by atoms with Gasteiger partial charge in [-0.3, -0.25) is 0 Å². The second-order valence-corrected chi connectivity index (χ2v) is 11.0. The maximum absolute atomic E-state index is 15.0. The summed E-state index contributed by atoms with van der Waals surface area (Å²) in [5.41, 5.74) is 8.90. The number of hydrogen-bond donors (Lipinski definition) is 2. The number of anilines is 1. The van der Waals surface area contributed by atoms with Crippen LogP contribution in [-0.4, -0.2) is 57.9 Å². The summed E-state index contributed by atoms with van der Waals surface area (Å²) in [5.74, 6) is -0.167. The van der Waals surface area contributed by atoms with Gasteiger partial charge in [-0.1, -0.05) is 18.2 Å². The molecular weight excluding hydrogens is 519 g/mol. The summed E-state index contributed by atoms with van der Waals surface area (Å²) in [6, 6.07) is 13.4. The maximum Gasteiger partial charge on any atom is 0.270 e. The van der Waals surface area contributed by atoms with E-state index >= 15 is 0 Å². The Bertz CT molecular complexity index is 1420. The lowest BCUT2D eigenvalue weighted by atomic mass is 10.1. The zero-order valence-electron chi connectivity index (χ0n) is 21.3. The molecule has 1 unspecified atom stereocenters. The summed E-state index contributed by atoms with van der Waals surface area (Å²) in [4.78, 5) is 10.1. The molecule has 0 bridgehead atoms. The molecule has 9 nitrogen and oxygen atoms in total. The van der Waals surface area contributed by atoms with Gasteiger partial charge in [-0.05, 0) is 49.1 Å². The van der Waals surface area contributed by atoms with Gasteiger partial charge in [0.15, 0.2) is 11.5 Å². The molecule has 4 aromatic rings. The fourth-order valence-corrected chi connectivity index (χ4v) is 5.72. The van der Waals surface area contributed by atoms with E-state index in [2.05, 4.69) is 37.6 Å². The first-order valence-electron chi connectivity index (χ1n) is 13.0. The van der Waals surface area contributed by atoms with Crippen LogP contribution in [0.1, 0.15) is 24.8 Å². The predicted octanol–water partition coefficient (Wildman–Crippen LogP) is 4.73. The smallest absolute Gasteiger partial charge is 0.270 e. The van der Waals surface area contributed by atoms with Gasteiger partial charge in [0.2, 0.25) is 0 Å². The average molecular weight is 549 g/mol. The Balaban J connectivity index is 1.17. The summed E-state index contributed by atoms with van der Waals surface area (Å²) in [5, 5.41) is 12.1. The van der Waals surface area contributed by atoms with Gasteiger partial charge in [0.25, 0.3) is 11.8 Å². The Morgan fingerprint density at radius 2 is 1.77 bits per heavy atom. The monoisotopic (exact) mass is 548 g/mol. The van der Waals surface area contributed by atoms with Crippen molar-refractivity contribution in [1.82, 2.24) is 25.5 Å². The quantitative estimate of drug-likeness (QED) is 0.320. The van der Waals surface area contributed by atoms with Crippen LogP contribution in [0.5, 0.6) is 0 Å². The van der Waals surface area contributed by atoms with Crippen molar-refractivity contribution >= 4 is 17.6 Å². The van der Waals surface area contributed by atoms with E-state index in [1.807, 2.05) is 30.0 Å². The van der Waals surface area contributed by atoms with Crippen molar-refractivity contribution in [1.29, 1.82) is 0 Å². The number of thioether (sulfide) groups is 1. The summed E-state index contributed by atoms with van der Waals surface area (Å²) in [6.07, 6.45) is 4.69. The highest BCUT2D eigenvalue weighted by molar-refractivity contribution is 8.00. The summed E-state index contributed by atoms with van der Waals surface area (Å²) in [7, 11) is 0. The lowest BCUT2D eigenvalue weighted by Gasteiger charge is -2.21. The van der Waals surface area contributed by atoms with Crippen LogP contribution in [0.25, 0.3) is 34.3 Å². The topological polar surface area (TPSA) is 121 Å². The molecule has 1 atom stereocenters. The zero-order chi connectivity index (χ0) is 26.6. The van der Waals surface area contributed by atoms with Gasteiger partial charge in [0.05, 0.1) is 24.1 Å². The normalized spacial score (nSPS) is 18.0. The molecule has 3 N–H and O–H groups in total. The van der Waals surface area contributed by atoms with Crippen molar-refractivity contribution in [2.75, 3.05) is 32.2 Å². The van der Waals surface area contributed by atoms with Crippen LogP contribution in [0.15, 0.2) is 58.0 Å². The van der Waals surface area contributed by atoms with E-state index in [4.69, 9.17) is 19.6 Å². The molecule has 0 spiro atoms. The molecule has 0 amide bonds. The molecule has 0 saturated carbocycles. The molecule has 39 heavy (non-hydrogen) atoms. The fourth-order valence-electron chi connectivity index (χ4n) is 4.61. The lowest BCUT2D eigenvalue weighted by molar-refractivity contribution is 0.100. The standard InChI is InChI=1S/C28H29FN6O3S/c29-23-13-17(14-31-19-7-10-37-16-19)1-6-22(23)27-34-35-28(38-27)25-26(30)32-15-24(33-25)18-2-4-20(5-3-18)39-21-8-11-36-12-9-21/h1-6,13,15,19,21,31H,7-12,14,16H2,(H2,30,32). The van der Waals surface area contributed by atoms with Gasteiger partial charge < -0.3 is 24.9 Å². The van der Waals surface area contributed by atoms with E-state index in [1.165, 1.54) is 11.0 Å². The van der Waals surface area contributed by atoms with Gasteiger partial charge in [0, 0.05) is 48.1 Å². The number of aromatic nitrogens is 4. The van der Waals surface area contributed by atoms with Crippen molar-refractivity contribution in [2.24, 2.45) is 0 Å².